The zero-order valence-electron chi connectivity index (χ0n) is 12.2. The number of sulfonamides is 1. The Morgan fingerprint density at radius 3 is 2.60 bits per heavy atom. The summed E-state index contributed by atoms with van der Waals surface area (Å²) in [5.41, 5.74) is 0.509. The second-order valence-corrected chi connectivity index (χ2v) is 7.15. The Bertz CT molecular complexity index is 567. The van der Waals surface area contributed by atoms with Gasteiger partial charge in [-0.25, -0.2) is 13.1 Å². The summed E-state index contributed by atoms with van der Waals surface area (Å²) in [7, 11) is 2.14. The smallest absolute Gasteiger partial charge is 0.244 e. The third-order valence-corrected chi connectivity index (χ3v) is 5.60. The van der Waals surface area contributed by atoms with E-state index in [1.54, 1.807) is 19.3 Å². The second-order valence-electron chi connectivity index (χ2n) is 5.42. The summed E-state index contributed by atoms with van der Waals surface area (Å²) in [5.74, 6) is 0. The summed E-state index contributed by atoms with van der Waals surface area (Å²) in [6.45, 7) is 0.431. The van der Waals surface area contributed by atoms with Gasteiger partial charge in [0, 0.05) is 31.5 Å². The molecule has 2 N–H and O–H groups in total. The van der Waals surface area contributed by atoms with Crippen molar-refractivity contribution in [2.24, 2.45) is 0 Å². The van der Waals surface area contributed by atoms with Gasteiger partial charge in [-0.1, -0.05) is 0 Å². The van der Waals surface area contributed by atoms with Gasteiger partial charge < -0.3 is 10.2 Å². The van der Waals surface area contributed by atoms with Crippen LogP contribution >= 0.6 is 0 Å². The Morgan fingerprint density at radius 2 is 2.10 bits per heavy atom. The molecule has 0 unspecified atom stereocenters. The Kier molecular flexibility index (Phi) is 4.31. The molecule has 7 heteroatoms. The second kappa shape index (κ2) is 5.67. The van der Waals surface area contributed by atoms with Crippen molar-refractivity contribution in [2.45, 2.75) is 29.7 Å². The van der Waals surface area contributed by atoms with Gasteiger partial charge in [0.2, 0.25) is 10.0 Å². The van der Waals surface area contributed by atoms with Crippen molar-refractivity contribution < 1.29 is 8.42 Å². The van der Waals surface area contributed by atoms with Crippen LogP contribution in [0, 0.1) is 0 Å². The van der Waals surface area contributed by atoms with Gasteiger partial charge in [-0.15, -0.1) is 0 Å². The summed E-state index contributed by atoms with van der Waals surface area (Å²) in [6, 6.07) is 1.65. The minimum Gasteiger partial charge on any atom is -0.387 e. The van der Waals surface area contributed by atoms with Crippen LogP contribution in [0.5, 0.6) is 0 Å². The summed E-state index contributed by atoms with van der Waals surface area (Å²) in [5, 5.41) is 2.88. The third-order valence-electron chi connectivity index (χ3n) is 4.17. The maximum atomic E-state index is 12.4. The number of nitrogens with one attached hydrogen (secondary N) is 2. The molecule has 0 aliphatic heterocycles. The number of hydrogen-bond acceptors (Lipinski definition) is 5. The maximum Gasteiger partial charge on any atom is 0.244 e. The van der Waals surface area contributed by atoms with Gasteiger partial charge in [0.25, 0.3) is 0 Å². The molecule has 0 radical (unpaired) electrons. The van der Waals surface area contributed by atoms with Crippen LogP contribution in [-0.4, -0.2) is 51.5 Å². The fourth-order valence-corrected chi connectivity index (χ4v) is 3.75. The highest BCUT2D eigenvalue weighted by atomic mass is 32.2. The first-order valence-corrected chi connectivity index (χ1v) is 8.18. The fourth-order valence-electron chi connectivity index (χ4n) is 2.47. The Hall–Kier alpha value is -1.18. The average molecular weight is 298 g/mol. The first-order valence-electron chi connectivity index (χ1n) is 6.70. The first kappa shape index (κ1) is 15.2. The highest BCUT2D eigenvalue weighted by Gasteiger charge is 2.40. The molecule has 1 saturated carbocycles. The van der Waals surface area contributed by atoms with Gasteiger partial charge in [-0.3, -0.25) is 4.98 Å². The molecular weight excluding hydrogens is 276 g/mol. The molecule has 1 heterocycles. The van der Waals surface area contributed by atoms with Crippen molar-refractivity contribution in [3.05, 3.63) is 18.5 Å². The van der Waals surface area contributed by atoms with E-state index in [2.05, 4.69) is 19.9 Å². The van der Waals surface area contributed by atoms with Crippen LogP contribution in [0.1, 0.15) is 19.3 Å². The van der Waals surface area contributed by atoms with Crippen LogP contribution in [0.4, 0.5) is 5.69 Å². The van der Waals surface area contributed by atoms with E-state index in [0.717, 1.165) is 19.3 Å². The van der Waals surface area contributed by atoms with E-state index >= 15 is 0 Å². The van der Waals surface area contributed by atoms with Gasteiger partial charge in [0.15, 0.2) is 0 Å². The van der Waals surface area contributed by atoms with Gasteiger partial charge >= 0.3 is 0 Å². The summed E-state index contributed by atoms with van der Waals surface area (Å²) in [6.07, 6.45) is 6.13. The van der Waals surface area contributed by atoms with Crippen molar-refractivity contribution in [1.29, 1.82) is 0 Å². The van der Waals surface area contributed by atoms with Crippen molar-refractivity contribution in [3.8, 4) is 0 Å². The highest BCUT2D eigenvalue weighted by molar-refractivity contribution is 7.89. The van der Waals surface area contributed by atoms with Gasteiger partial charge in [-0.2, -0.15) is 0 Å². The molecule has 0 bridgehead atoms. The topological polar surface area (TPSA) is 74.3 Å². The van der Waals surface area contributed by atoms with E-state index in [1.807, 2.05) is 14.1 Å². The zero-order valence-corrected chi connectivity index (χ0v) is 13.0. The van der Waals surface area contributed by atoms with Gasteiger partial charge in [-0.05, 0) is 39.4 Å². The van der Waals surface area contributed by atoms with E-state index in [-0.39, 0.29) is 10.4 Å². The normalized spacial score (nSPS) is 17.8. The number of nitrogens with zero attached hydrogens (tertiary/aromatic N) is 2. The predicted octanol–water partition coefficient (Wildman–Crippen LogP) is 0.886. The quantitative estimate of drug-likeness (QED) is 0.816. The molecule has 0 amide bonds. The lowest BCUT2D eigenvalue weighted by Crippen LogP contribution is -2.57. The maximum absolute atomic E-state index is 12.4. The van der Waals surface area contributed by atoms with Gasteiger partial charge in [0.05, 0.1) is 5.69 Å². The molecule has 0 saturated heterocycles. The molecule has 0 spiro atoms. The van der Waals surface area contributed by atoms with E-state index in [9.17, 15) is 8.42 Å². The fraction of sp³-hybridized carbons (Fsp3) is 0.615. The number of hydrogen-bond donors (Lipinski definition) is 2. The minimum atomic E-state index is -3.55. The molecular formula is C13H22N4O2S. The number of rotatable bonds is 6. The van der Waals surface area contributed by atoms with Crippen LogP contribution < -0.4 is 10.0 Å². The van der Waals surface area contributed by atoms with Gasteiger partial charge in [0.1, 0.15) is 4.90 Å². The third kappa shape index (κ3) is 2.79. The molecule has 112 valence electrons. The minimum absolute atomic E-state index is 0.0465. The standard InChI is InChI=1S/C13H22N4O2S/c1-14-11-5-8-15-9-12(11)20(18,19)16-10-13(17(2)3)6-4-7-13/h5,8-9,16H,4,6-7,10H2,1-3H3,(H,14,15). The summed E-state index contributed by atoms with van der Waals surface area (Å²) in [4.78, 5) is 6.21. The molecule has 20 heavy (non-hydrogen) atoms. The van der Waals surface area contributed by atoms with Crippen LogP contribution in [0.2, 0.25) is 0 Å². The van der Waals surface area contributed by atoms with Crippen LogP contribution in [0.15, 0.2) is 23.4 Å². The molecule has 1 aliphatic rings. The molecule has 6 nitrogen and oxygen atoms in total. The highest BCUT2D eigenvalue weighted by Crippen LogP contribution is 2.35. The van der Waals surface area contributed by atoms with Crippen LogP contribution in [-0.2, 0) is 10.0 Å². The number of pyridine rings is 1. The lowest BCUT2D eigenvalue weighted by atomic mass is 9.76. The van der Waals surface area contributed by atoms with Crippen molar-refractivity contribution in [3.63, 3.8) is 0 Å². The van der Waals surface area contributed by atoms with Crippen LogP contribution in [0.3, 0.4) is 0 Å². The molecule has 0 atom stereocenters. The molecule has 1 aromatic rings. The predicted molar refractivity (Wildman–Crippen MR) is 79.2 cm³/mol. The van der Waals surface area contributed by atoms with Crippen molar-refractivity contribution >= 4 is 15.7 Å². The Morgan fingerprint density at radius 1 is 1.40 bits per heavy atom. The lowest BCUT2D eigenvalue weighted by Gasteiger charge is -2.47. The summed E-state index contributed by atoms with van der Waals surface area (Å²) >= 11 is 0. The molecule has 1 fully saturated rings. The SMILES string of the molecule is CNc1ccncc1S(=O)(=O)NCC1(N(C)C)CCC1. The van der Waals surface area contributed by atoms with Crippen molar-refractivity contribution in [2.75, 3.05) is 33.0 Å². The van der Waals surface area contributed by atoms with E-state index in [1.165, 1.54) is 6.20 Å². The monoisotopic (exact) mass is 298 g/mol. The molecule has 0 aromatic carbocycles. The van der Waals surface area contributed by atoms with Crippen molar-refractivity contribution in [1.82, 2.24) is 14.6 Å². The number of likely N-dealkylation sites (N-methyl/N-ethyl adjacent to an activating group) is 1. The molecule has 1 aromatic heterocycles. The number of anilines is 1. The first-order chi connectivity index (χ1) is 9.41. The Labute approximate surface area is 120 Å². The van der Waals surface area contributed by atoms with Crippen LogP contribution in [0.25, 0.3) is 0 Å². The molecule has 2 rings (SSSR count). The Balaban J connectivity index is 2.16. The lowest BCUT2D eigenvalue weighted by molar-refractivity contribution is 0.0657. The van der Waals surface area contributed by atoms with E-state index < -0.39 is 10.0 Å². The average Bonchev–Trinajstić information content (AvgIpc) is 2.37. The number of aromatic nitrogens is 1. The largest absolute Gasteiger partial charge is 0.387 e. The van der Waals surface area contributed by atoms with E-state index in [0.29, 0.717) is 12.2 Å². The zero-order chi connectivity index (χ0) is 14.8. The van der Waals surface area contributed by atoms with E-state index in [4.69, 9.17) is 0 Å². The molecule has 1 aliphatic carbocycles. The summed E-state index contributed by atoms with van der Waals surface area (Å²) < 4.78 is 27.5.